The second-order valence-electron chi connectivity index (χ2n) is 25.6. The Morgan fingerprint density at radius 3 is 1.96 bits per heavy atom. The molecule has 2 unspecified atom stereocenters. The summed E-state index contributed by atoms with van der Waals surface area (Å²) in [7, 11) is 0. The first-order valence-corrected chi connectivity index (χ1v) is 25.8. The molecule has 0 bridgehead atoms. The van der Waals surface area contributed by atoms with Gasteiger partial charge in [-0.2, -0.15) is 0 Å². The summed E-state index contributed by atoms with van der Waals surface area (Å²) in [6.07, 6.45) is 7.17. The van der Waals surface area contributed by atoms with Crippen LogP contribution in [0, 0.1) is 6.92 Å². The van der Waals surface area contributed by atoms with Gasteiger partial charge >= 0.3 is 0 Å². The lowest BCUT2D eigenvalue weighted by molar-refractivity contribution is 0.195. The van der Waals surface area contributed by atoms with Gasteiger partial charge < -0.3 is 18.8 Å². The van der Waals surface area contributed by atoms with E-state index in [1.54, 1.807) is 0 Å². The Morgan fingerprint density at radius 2 is 1.21 bits per heavy atom. The molecule has 344 valence electrons. The van der Waals surface area contributed by atoms with Crippen LogP contribution in [0.5, 0.6) is 0 Å². The third-order valence-corrected chi connectivity index (χ3v) is 18.6. The molecule has 2 aliphatic carbocycles. The Kier molecular flexibility index (Phi) is 8.33. The van der Waals surface area contributed by atoms with E-state index in [0.717, 1.165) is 23.0 Å². The zero-order valence-electron chi connectivity index (χ0n) is 42.9. The number of rotatable bonds is 2. The van der Waals surface area contributed by atoms with E-state index in [9.17, 15) is 0 Å². The molecule has 4 nitrogen and oxygen atoms in total. The Balaban J connectivity index is 1.19. The predicted octanol–water partition coefficient (Wildman–Crippen LogP) is 15.1. The van der Waals surface area contributed by atoms with E-state index >= 15 is 0 Å². The van der Waals surface area contributed by atoms with Crippen molar-refractivity contribution in [3.63, 3.8) is 0 Å². The largest absolute Gasteiger partial charge is 0.454 e. The van der Waals surface area contributed by atoms with Crippen molar-refractivity contribution in [3.05, 3.63) is 137 Å². The quantitative estimate of drug-likeness (QED) is 0.162. The van der Waals surface area contributed by atoms with Gasteiger partial charge in [-0.25, -0.2) is 0 Å². The number of hydrogen-bond acceptors (Lipinski definition) is 3. The highest BCUT2D eigenvalue weighted by Gasteiger charge is 2.58. The highest BCUT2D eigenvalue weighted by atomic mass is 16.3. The molecular formula is C63H68BN3O. The van der Waals surface area contributed by atoms with Crippen LogP contribution in [0.15, 0.2) is 108 Å². The van der Waals surface area contributed by atoms with Gasteiger partial charge in [-0.1, -0.05) is 144 Å². The number of aromatic nitrogens is 1. The van der Waals surface area contributed by atoms with Crippen molar-refractivity contribution in [1.29, 1.82) is 0 Å². The Bertz CT molecular complexity index is 3510. The molecule has 13 rings (SSSR count). The maximum Gasteiger partial charge on any atom is 0.252 e. The number of furan rings is 1. The summed E-state index contributed by atoms with van der Waals surface area (Å²) in [4.78, 5) is 5.56. The van der Waals surface area contributed by atoms with Gasteiger partial charge in [0, 0.05) is 50.3 Å². The van der Waals surface area contributed by atoms with E-state index in [0.29, 0.717) is 0 Å². The van der Waals surface area contributed by atoms with Crippen LogP contribution in [0.1, 0.15) is 155 Å². The SMILES string of the molecule is Cc1cc2c(cc1N1c3cc(C(C)(C)C)ccc3B3c4c1cc(N1c5ccc(C(C)(C)C)cc5C5(C)CCCCC15C)cc4-n1c4c3cccc4c3oc4ccccc4c31)C(C)(C)CCC2(C)C. The fraction of sp³-hybridized carbons (Fsp3) is 0.397. The second-order valence-corrected chi connectivity index (χ2v) is 25.6. The summed E-state index contributed by atoms with van der Waals surface area (Å²) in [5, 5.41) is 2.35. The van der Waals surface area contributed by atoms with E-state index in [1.807, 2.05) is 0 Å². The molecule has 5 heterocycles. The minimum atomic E-state index is -0.130. The first-order chi connectivity index (χ1) is 32.1. The molecule has 0 amide bonds. The summed E-state index contributed by atoms with van der Waals surface area (Å²) in [5.74, 6) is 0. The number of aryl methyl sites for hydroxylation is 1. The normalized spacial score (nSPS) is 22.1. The third-order valence-electron chi connectivity index (χ3n) is 18.6. The number of nitrogens with zero attached hydrogens (tertiary/aromatic N) is 3. The zero-order chi connectivity index (χ0) is 47.4. The van der Waals surface area contributed by atoms with E-state index in [4.69, 9.17) is 4.42 Å². The number of para-hydroxylation sites is 2. The van der Waals surface area contributed by atoms with Crippen LogP contribution in [0.2, 0.25) is 0 Å². The molecule has 1 fully saturated rings. The molecule has 6 aromatic carbocycles. The first-order valence-electron chi connectivity index (χ1n) is 25.8. The number of hydrogen-bond donors (Lipinski definition) is 0. The van der Waals surface area contributed by atoms with Crippen molar-refractivity contribution in [2.45, 2.75) is 161 Å². The van der Waals surface area contributed by atoms with Crippen molar-refractivity contribution >= 4 is 84.5 Å². The fourth-order valence-electron chi connectivity index (χ4n) is 14.3. The van der Waals surface area contributed by atoms with Gasteiger partial charge in [0.1, 0.15) is 11.1 Å². The van der Waals surface area contributed by atoms with Gasteiger partial charge in [-0.05, 0) is 159 Å². The lowest BCUT2D eigenvalue weighted by atomic mass is 9.33. The van der Waals surface area contributed by atoms with Gasteiger partial charge in [0.2, 0.25) is 0 Å². The van der Waals surface area contributed by atoms with Crippen LogP contribution in [0.4, 0.5) is 28.4 Å². The molecule has 1 saturated carbocycles. The average Bonchev–Trinajstić information content (AvgIpc) is 3.89. The molecule has 5 aliphatic rings. The topological polar surface area (TPSA) is 24.6 Å². The van der Waals surface area contributed by atoms with Gasteiger partial charge in [0.15, 0.2) is 5.58 Å². The van der Waals surface area contributed by atoms with Crippen molar-refractivity contribution in [2.75, 3.05) is 9.80 Å². The van der Waals surface area contributed by atoms with E-state index in [2.05, 4.69) is 208 Å². The van der Waals surface area contributed by atoms with Crippen LogP contribution in [0.3, 0.4) is 0 Å². The van der Waals surface area contributed by atoms with Gasteiger partial charge in [0.25, 0.3) is 6.71 Å². The van der Waals surface area contributed by atoms with Crippen molar-refractivity contribution < 1.29 is 4.42 Å². The number of fused-ring (bicyclic) bond motifs is 13. The molecule has 68 heavy (non-hydrogen) atoms. The summed E-state index contributed by atoms with van der Waals surface area (Å²) in [6, 6.07) is 41.1. The first kappa shape index (κ1) is 42.4. The molecule has 0 saturated heterocycles. The Labute approximate surface area is 404 Å². The van der Waals surface area contributed by atoms with Crippen molar-refractivity contribution in [1.82, 2.24) is 4.57 Å². The number of anilines is 5. The smallest absolute Gasteiger partial charge is 0.252 e. The third kappa shape index (κ3) is 5.40. The van der Waals surface area contributed by atoms with Crippen LogP contribution in [0.25, 0.3) is 38.7 Å². The standard InChI is InChI=1S/C63H68BN3O/c1-37-31-43-44(61(10,11)30-29-60(43,8)9)36-49(37)65-50-33-39(59(5,6)7)23-25-46(50)64-47-21-18-20-42-55(47)66(56-41-19-14-15-22-53(41)68-57(42)56)52-35-40(34-51(65)54(52)64)67-48-26-24-38(58(2,3)4)32-45(48)62(12)27-16-17-28-63(62,67)13/h14-15,18-26,31-36H,16-17,27-30H2,1-13H3. The van der Waals surface area contributed by atoms with Crippen LogP contribution in [-0.2, 0) is 27.1 Å². The van der Waals surface area contributed by atoms with E-state index in [-0.39, 0.29) is 39.3 Å². The van der Waals surface area contributed by atoms with E-state index < -0.39 is 0 Å². The van der Waals surface area contributed by atoms with Crippen LogP contribution < -0.4 is 26.2 Å². The predicted molar refractivity (Wildman–Crippen MR) is 290 cm³/mol. The zero-order valence-corrected chi connectivity index (χ0v) is 42.9. The maximum absolute atomic E-state index is 6.95. The van der Waals surface area contributed by atoms with Gasteiger partial charge in [-0.3, -0.25) is 0 Å². The fourth-order valence-corrected chi connectivity index (χ4v) is 14.3. The number of benzene rings is 6. The summed E-state index contributed by atoms with van der Waals surface area (Å²) in [5.41, 5.74) is 24.9. The monoisotopic (exact) mass is 894 g/mol. The molecule has 0 spiro atoms. The van der Waals surface area contributed by atoms with Crippen LogP contribution in [-0.4, -0.2) is 16.8 Å². The highest BCUT2D eigenvalue weighted by molar-refractivity contribution is 7.00. The van der Waals surface area contributed by atoms with Gasteiger partial charge in [0.05, 0.1) is 11.1 Å². The molecule has 0 N–H and O–H groups in total. The molecule has 0 radical (unpaired) electrons. The average molecular weight is 894 g/mol. The van der Waals surface area contributed by atoms with Crippen molar-refractivity contribution in [3.8, 4) is 5.69 Å². The highest BCUT2D eigenvalue weighted by Crippen LogP contribution is 2.62. The Hall–Kier alpha value is -5.68. The molecule has 8 aromatic rings. The molecule has 5 heteroatoms. The summed E-state index contributed by atoms with van der Waals surface area (Å²) >= 11 is 0. The van der Waals surface area contributed by atoms with Crippen molar-refractivity contribution in [2.24, 2.45) is 0 Å². The lowest BCUT2D eigenvalue weighted by Gasteiger charge is -2.51. The summed E-state index contributed by atoms with van der Waals surface area (Å²) < 4.78 is 9.58. The minimum absolute atomic E-state index is 0.0137. The van der Waals surface area contributed by atoms with Crippen LogP contribution >= 0.6 is 0 Å². The molecule has 2 aromatic heterocycles. The Morgan fingerprint density at radius 1 is 0.544 bits per heavy atom. The lowest BCUT2D eigenvalue weighted by Crippen LogP contribution is -2.60. The summed E-state index contributed by atoms with van der Waals surface area (Å²) in [6.45, 7) is 31.7. The second kappa shape index (κ2) is 13.3. The van der Waals surface area contributed by atoms with Gasteiger partial charge in [-0.15, -0.1) is 0 Å². The molecular weight excluding hydrogens is 826 g/mol. The minimum Gasteiger partial charge on any atom is -0.454 e. The molecule has 3 aliphatic heterocycles. The maximum atomic E-state index is 6.95. The molecule has 2 atom stereocenters. The van der Waals surface area contributed by atoms with E-state index in [1.165, 1.54) is 132 Å².